The molecule has 0 amide bonds. The third-order valence-electron chi connectivity index (χ3n) is 0. The van der Waals surface area contributed by atoms with Crippen LogP contribution in [0.1, 0.15) is 0 Å². The van der Waals surface area contributed by atoms with Crippen LogP contribution in [0, 0.1) is 0 Å². The molecule has 0 heterocycles. The van der Waals surface area contributed by atoms with Gasteiger partial charge in [0.05, 0.1) is 0 Å². The van der Waals surface area contributed by atoms with Crippen LogP contribution in [0.15, 0.2) is 0 Å². The molecular formula is O8Ti. The number of rotatable bonds is 0. The fourth-order valence-electron chi connectivity index (χ4n) is 0. The SMILES string of the molecule is [O]=[Ti](=[O])(=[O])(=[O])(=[O])(=[O])(=[O])=[O]. The molecule has 0 aromatic carbocycles. The van der Waals surface area contributed by atoms with Crippen molar-refractivity contribution in [1.82, 2.24) is 0 Å². The average molecular weight is 176 g/mol. The van der Waals surface area contributed by atoms with Gasteiger partial charge >= 0.3 is 37.8 Å². The van der Waals surface area contributed by atoms with Gasteiger partial charge in [-0.1, -0.05) is 0 Å². The van der Waals surface area contributed by atoms with Crippen LogP contribution in [-0.4, -0.2) is 0 Å². The summed E-state index contributed by atoms with van der Waals surface area (Å²) in [4.78, 5) is 0. The molecule has 0 unspecified atom stereocenters. The van der Waals surface area contributed by atoms with Crippen molar-refractivity contribution in [3.8, 4) is 0 Å². The Morgan fingerprint density at radius 1 is 0.444 bits per heavy atom. The molecule has 0 aliphatic carbocycles. The zero-order valence-corrected chi connectivity index (χ0v) is 5.33. The Morgan fingerprint density at radius 3 is 0.444 bits per heavy atom. The second-order valence-electron chi connectivity index (χ2n) is 2.33. The van der Waals surface area contributed by atoms with E-state index in [1.165, 1.54) is 0 Å². The van der Waals surface area contributed by atoms with Gasteiger partial charge in [0, 0.05) is 0 Å². The van der Waals surface area contributed by atoms with E-state index in [4.69, 9.17) is 26.6 Å². The van der Waals surface area contributed by atoms with Crippen LogP contribution in [0.2, 0.25) is 0 Å². The predicted octanol–water partition coefficient (Wildman–Crippen LogP) is -0.953. The van der Waals surface area contributed by atoms with Crippen molar-refractivity contribution in [2.75, 3.05) is 0 Å². The van der Waals surface area contributed by atoms with E-state index in [1.807, 2.05) is 0 Å². The quantitative estimate of drug-likeness (QED) is 0.430. The average Bonchev–Trinajstić information content (AvgIpc) is 0.503. The molecule has 8 nitrogen and oxygen atoms in total. The first-order valence-corrected chi connectivity index (χ1v) is 6.73. The van der Waals surface area contributed by atoms with Gasteiger partial charge in [0.15, 0.2) is 0 Å². The van der Waals surface area contributed by atoms with Crippen molar-refractivity contribution >= 4 is 0 Å². The first kappa shape index (κ1) is 8.11. The van der Waals surface area contributed by atoms with Gasteiger partial charge in [0.2, 0.25) is 0 Å². The normalized spacial score (nSPS) is 8.89. The molecule has 0 bridgehead atoms. The van der Waals surface area contributed by atoms with E-state index in [0.717, 1.165) is 0 Å². The Morgan fingerprint density at radius 2 is 0.444 bits per heavy atom. The molecule has 52 valence electrons. The van der Waals surface area contributed by atoms with E-state index in [2.05, 4.69) is 0 Å². The third kappa shape index (κ3) is 237. The number of hydrogen-bond acceptors (Lipinski definition) is 8. The van der Waals surface area contributed by atoms with E-state index >= 15 is 0 Å². The van der Waals surface area contributed by atoms with E-state index in [1.54, 1.807) is 0 Å². The van der Waals surface area contributed by atoms with Gasteiger partial charge in [0.25, 0.3) is 0 Å². The molecule has 0 fully saturated rings. The van der Waals surface area contributed by atoms with Crippen LogP contribution in [0.4, 0.5) is 0 Å². The summed E-state index contributed by atoms with van der Waals surface area (Å²) in [6.07, 6.45) is 0. The van der Waals surface area contributed by atoms with Crippen LogP contribution in [0.25, 0.3) is 0 Å². The first-order valence-electron chi connectivity index (χ1n) is 1.63. The summed E-state index contributed by atoms with van der Waals surface area (Å²) in [5, 5.41) is 0. The van der Waals surface area contributed by atoms with Gasteiger partial charge in [-0.05, 0) is 0 Å². The van der Waals surface area contributed by atoms with Crippen molar-refractivity contribution in [2.45, 2.75) is 0 Å². The molecular weight excluding hydrogens is 176 g/mol. The van der Waals surface area contributed by atoms with Crippen LogP contribution < -0.4 is 0 Å². The minimum atomic E-state index is -13.2. The summed E-state index contributed by atoms with van der Waals surface area (Å²) in [5.74, 6) is 0. The first-order chi connectivity index (χ1) is 2.83. The summed E-state index contributed by atoms with van der Waals surface area (Å²) in [7, 11) is 0. The molecule has 0 N–H and O–H groups in total. The molecule has 9 heteroatoms. The van der Waals surface area contributed by atoms with Gasteiger partial charge in [0.1, 0.15) is 0 Å². The monoisotopic (exact) mass is 176 g/mol. The van der Waals surface area contributed by atoms with E-state index in [-0.39, 0.29) is 0 Å². The van der Waals surface area contributed by atoms with Crippen molar-refractivity contribution in [1.29, 1.82) is 0 Å². The Labute approximate surface area is 38.5 Å². The predicted molar refractivity (Wildman–Crippen MR) is 5.49 cm³/mol. The molecule has 0 saturated heterocycles. The maximum absolute atomic E-state index is 13.2. The van der Waals surface area contributed by atoms with Crippen molar-refractivity contribution < 1.29 is 37.8 Å². The van der Waals surface area contributed by atoms with Crippen molar-refractivity contribution in [3.05, 3.63) is 0 Å². The topological polar surface area (TPSA) is 137 Å². The molecule has 9 heavy (non-hydrogen) atoms. The Hall–Kier alpha value is -0.886. The van der Waals surface area contributed by atoms with Crippen LogP contribution in [0.5, 0.6) is 0 Å². The summed E-state index contributed by atoms with van der Waals surface area (Å²) >= 11 is -13.2. The van der Waals surface area contributed by atoms with Gasteiger partial charge in [-0.25, -0.2) is 0 Å². The molecule has 0 aliphatic heterocycles. The molecule has 0 aromatic heterocycles. The standard InChI is InChI=1S/8O.Ti. The second-order valence-corrected chi connectivity index (χ2v) is 9.62. The summed E-state index contributed by atoms with van der Waals surface area (Å²) in [6.45, 7) is 0. The fourth-order valence-corrected chi connectivity index (χ4v) is 0. The zero-order chi connectivity index (χ0) is 8.35. The van der Waals surface area contributed by atoms with Gasteiger partial charge in [-0.3, -0.25) is 0 Å². The summed E-state index contributed by atoms with van der Waals surface area (Å²) < 4.78 is 69.5. The molecule has 0 radical (unpaired) electrons. The van der Waals surface area contributed by atoms with E-state index < -0.39 is 11.2 Å². The molecule has 0 aromatic rings. The van der Waals surface area contributed by atoms with Crippen LogP contribution in [0.3, 0.4) is 0 Å². The number of hydrogen-bond donors (Lipinski definition) is 0. The Kier molecular flexibility index (Phi) is 0.326. The van der Waals surface area contributed by atoms with Crippen LogP contribution in [-0.2, 0) is 37.8 Å². The van der Waals surface area contributed by atoms with E-state index in [0.29, 0.717) is 0 Å². The second kappa shape index (κ2) is 0.362. The van der Waals surface area contributed by atoms with Gasteiger partial charge < -0.3 is 0 Å². The molecule has 0 atom stereocenters. The minimum absolute atomic E-state index is 8.69. The fraction of sp³-hybridized carbons (Fsp3) is 0. The van der Waals surface area contributed by atoms with Crippen molar-refractivity contribution in [3.63, 3.8) is 0 Å². The molecule has 0 rings (SSSR count). The maximum atomic E-state index is 8.69. The van der Waals surface area contributed by atoms with E-state index in [9.17, 15) is 0 Å². The molecule has 0 spiro atoms. The summed E-state index contributed by atoms with van der Waals surface area (Å²) in [6, 6.07) is 0. The summed E-state index contributed by atoms with van der Waals surface area (Å²) in [5.41, 5.74) is 0. The third-order valence-corrected chi connectivity index (χ3v) is 0. The molecule has 0 aliphatic rings. The van der Waals surface area contributed by atoms with Crippen LogP contribution >= 0.6 is 0 Å². The van der Waals surface area contributed by atoms with Crippen molar-refractivity contribution in [2.24, 2.45) is 0 Å². The molecule has 0 saturated carbocycles. The Balaban J connectivity index is 11.7. The zero-order valence-electron chi connectivity index (χ0n) is 3.77. The Bertz CT molecular complexity index is 876. The van der Waals surface area contributed by atoms with Gasteiger partial charge in [-0.15, -0.1) is 0 Å². The van der Waals surface area contributed by atoms with Gasteiger partial charge in [-0.2, -0.15) is 0 Å².